The van der Waals surface area contributed by atoms with E-state index in [-0.39, 0.29) is 88.1 Å². The largest absolute Gasteiger partial charge is 0.497 e. The Hall–Kier alpha value is -12.2. The van der Waals surface area contributed by atoms with Crippen molar-refractivity contribution in [1.29, 1.82) is 0 Å². The van der Waals surface area contributed by atoms with Crippen LogP contribution in [0.15, 0.2) is 194 Å². The number of nitrogens with one attached hydrogen (secondary N) is 2. The van der Waals surface area contributed by atoms with Crippen molar-refractivity contribution in [2.75, 3.05) is 85.1 Å². The fraction of sp³-hybridized carbons (Fsp3) is 0.383. The fourth-order valence-corrected chi connectivity index (χ4v) is 19.4. The van der Waals surface area contributed by atoms with Gasteiger partial charge in [-0.05, 0) is 396 Å². The average Bonchev–Trinajstić information content (AvgIpc) is 1.51. The van der Waals surface area contributed by atoms with Gasteiger partial charge in [-0.1, -0.05) is 60.7 Å². The van der Waals surface area contributed by atoms with E-state index in [9.17, 15) is 58.3 Å². The first kappa shape index (κ1) is 109. The van der Waals surface area contributed by atoms with Crippen molar-refractivity contribution in [3.8, 4) is 34.3 Å². The number of carbonyl (C=O) groups excluding carboxylic acids is 7. The number of hydrogen-bond donors (Lipinski definition) is 6. The van der Waals surface area contributed by atoms with Crippen molar-refractivity contribution in [1.82, 2.24) is 54.5 Å². The number of benzene rings is 8. The Labute approximate surface area is 885 Å². The van der Waals surface area contributed by atoms with E-state index in [0.717, 1.165) is 101 Å². The molecule has 8 aliphatic rings. The van der Waals surface area contributed by atoms with E-state index in [4.69, 9.17) is 38.3 Å². The predicted octanol–water partition coefficient (Wildman–Crippen LogP) is 17.8. The number of anilines is 2. The van der Waals surface area contributed by atoms with Gasteiger partial charge in [-0.2, -0.15) is 15.3 Å². The van der Waals surface area contributed by atoms with Crippen molar-refractivity contribution in [3.63, 3.8) is 0 Å². The van der Waals surface area contributed by atoms with E-state index in [0.29, 0.717) is 101 Å². The van der Waals surface area contributed by atoms with Gasteiger partial charge in [-0.25, -0.2) is 38.0 Å². The molecule has 5 saturated carbocycles. The molecule has 5 amide bonds. The minimum Gasteiger partial charge on any atom is -0.497 e. The molecule has 0 spiro atoms. The molecule has 19 rings (SSSR count). The lowest BCUT2D eigenvalue weighted by Crippen LogP contribution is -2.42. The number of aromatic nitrogens is 6. The van der Waals surface area contributed by atoms with Crippen LogP contribution in [-0.4, -0.2) is 219 Å². The summed E-state index contributed by atoms with van der Waals surface area (Å²) in [6, 6.07) is 61.5. The first-order valence-electron chi connectivity index (χ1n) is 48.2. The number of aliphatic carboxylic acids is 1. The zero-order chi connectivity index (χ0) is 105. The standard InChI is InChI=1S/C27H31BN4O5.C25H27BN4O5.C16H17N3O4.C15H20INO2.C14H18INO2.C10H9IO2/c1-5-37-26(34)23-22-14-17-31(19-8-6-18(7-9-19)27(15-16-27)30(3)28(2)35)25(33)24(22)32(29-23)20-10-12-21(36-4)13-11-20;1-26(34)28(2)25(13-14-25)16-4-6-17(7-5-16)29-15-12-20-21(24(32)33)27-30(22(20)23(29)31)18-8-10-19(35-3)11-9-18;1-3-23-16(21)13-12-8-9-17-15(20)14(12)19(18-13)10-4-6-11(22-2)7-5-10;1-14(2,3)19-13(18)17(4)15(9-10-15)11-5-7-12(16)8-6-11;1-13(2,3)18-12(17)16-14(8-9-14)10-4-6-11(15)7-5-10;11-8-3-1-7(2-4-8)10(5-6-10)9(12)13/h6-13,35H,5,14-17H2,1-4H3;4-11,34H,12-15H2,1-3H3,(H,32,33);4-7H,3,8-9H2,1-2H3,(H,17,20);5-8H,9-10H2,1-4H3;4-7H,8-9H2,1-3H3,(H,16,17);1-4H,5-6H2,(H,12,13). The molecule has 38 heteroatoms. The molecule has 0 radical (unpaired) electrons. The number of halogens is 3. The zero-order valence-corrected chi connectivity index (χ0v) is 90.7. The summed E-state index contributed by atoms with van der Waals surface area (Å²) in [5.41, 5.74) is 9.74. The number of rotatable bonds is 25. The Bertz CT molecular complexity index is 6550. The van der Waals surface area contributed by atoms with Crippen molar-refractivity contribution in [2.45, 2.75) is 191 Å². The Morgan fingerprint density at radius 2 is 0.766 bits per heavy atom. The van der Waals surface area contributed by atoms with Crippen molar-refractivity contribution in [2.24, 2.45) is 0 Å². The third-order valence-electron chi connectivity index (χ3n) is 27.2. The normalized spacial score (nSPS) is 16.1. The van der Waals surface area contributed by atoms with Crippen LogP contribution in [0.3, 0.4) is 0 Å². The molecule has 6 heterocycles. The average molecular weight is 2310 g/mol. The van der Waals surface area contributed by atoms with Gasteiger partial charge in [0.1, 0.15) is 45.5 Å². The van der Waals surface area contributed by atoms with Crippen LogP contribution in [0.1, 0.15) is 227 Å². The summed E-state index contributed by atoms with van der Waals surface area (Å²) in [6.45, 7) is 20.0. The van der Waals surface area contributed by atoms with Gasteiger partial charge in [0.05, 0.1) is 68.1 Å². The molecule has 5 aliphatic carbocycles. The number of carbonyl (C=O) groups is 9. The zero-order valence-electron chi connectivity index (χ0n) is 84.2. The van der Waals surface area contributed by atoms with E-state index in [1.54, 1.807) is 136 Å². The topological polar surface area (TPSA) is 393 Å². The van der Waals surface area contributed by atoms with Crippen molar-refractivity contribution < 1.29 is 96.6 Å². The highest BCUT2D eigenvalue weighted by Crippen LogP contribution is 2.55. The lowest BCUT2D eigenvalue weighted by atomic mass is 9.81. The van der Waals surface area contributed by atoms with Crippen molar-refractivity contribution in [3.05, 3.63) is 284 Å². The second kappa shape index (κ2) is 45.0. The van der Waals surface area contributed by atoms with Crippen LogP contribution in [0.2, 0.25) is 13.6 Å². The monoisotopic (exact) mass is 2310 g/mol. The molecule has 11 aromatic rings. The van der Waals surface area contributed by atoms with Gasteiger partial charge in [0.25, 0.3) is 17.7 Å². The summed E-state index contributed by atoms with van der Waals surface area (Å²) < 4.78 is 44.6. The van der Waals surface area contributed by atoms with Gasteiger partial charge in [-0.3, -0.25) is 19.2 Å². The van der Waals surface area contributed by atoms with Crippen LogP contribution in [0.25, 0.3) is 17.1 Å². The second-order valence-corrected chi connectivity index (χ2v) is 42.6. The maximum Gasteiger partial charge on any atom is 0.410 e. The van der Waals surface area contributed by atoms with Crippen LogP contribution in [0.4, 0.5) is 21.0 Å². The highest BCUT2D eigenvalue weighted by molar-refractivity contribution is 14.1. The molecule has 3 aliphatic heterocycles. The third-order valence-corrected chi connectivity index (χ3v) is 29.4. The maximum atomic E-state index is 13.9. The number of esters is 2. The van der Waals surface area contributed by atoms with E-state index in [1.807, 2.05) is 145 Å². The summed E-state index contributed by atoms with van der Waals surface area (Å²) in [5.74, 6) is -1.62. The molecular weight excluding hydrogens is 2190 g/mol. The summed E-state index contributed by atoms with van der Waals surface area (Å²) >= 11 is 6.78. The Balaban J connectivity index is 0.000000143. The Morgan fingerprint density at radius 1 is 0.434 bits per heavy atom. The highest BCUT2D eigenvalue weighted by atomic mass is 127. The first-order chi connectivity index (χ1) is 68.9. The van der Waals surface area contributed by atoms with Crippen LogP contribution in [0, 0.1) is 10.7 Å². The second-order valence-electron chi connectivity index (χ2n) is 38.9. The number of amides is 5. The van der Waals surface area contributed by atoms with Gasteiger partial charge >= 0.3 is 50.2 Å². The number of methoxy groups -OCH3 is 3. The van der Waals surface area contributed by atoms with Crippen LogP contribution in [0.5, 0.6) is 17.2 Å². The van der Waals surface area contributed by atoms with Gasteiger partial charge in [0, 0.05) is 76.5 Å². The number of carboxylic acid groups (broad SMARTS) is 2. The SMILES string of the molecule is CC(C)(C)OC(=O)NC1(c2ccc(I)cc2)CC1.CCOC(=O)c1nn(-c2ccc(OC)cc2)c2c1CCN(c1ccc(C3(N(C)B(C)O)CC3)cc1)C2=O.CCOC(=O)c1nn(-c2ccc(OC)cc2)c2c1CCNC2=O.CN(C(=O)OC(C)(C)C)C1(c2ccc(I)cc2)CC1.COc1ccc(-n2nc(C(=O)O)c3c2C(=O)N(c2ccc(C4(N(C)B(C)O)CC4)cc2)CC3)cc1.O=C(O)C1(c2ccc(I)cc2)CC1. The predicted molar refractivity (Wildman–Crippen MR) is 575 cm³/mol. The molecule has 6 N–H and O–H groups in total. The maximum absolute atomic E-state index is 13.9. The van der Waals surface area contributed by atoms with Crippen LogP contribution in [-0.2, 0) is 70.6 Å². The quantitative estimate of drug-likeness (QED) is 0.0134. The van der Waals surface area contributed by atoms with Gasteiger partial charge in [-0.15, -0.1) is 0 Å². The summed E-state index contributed by atoms with van der Waals surface area (Å²) in [5, 5.41) is 57.8. The molecule has 33 nitrogen and oxygen atoms in total. The number of nitrogens with zero attached hydrogens (tertiary/aromatic N) is 11. The molecule has 0 saturated heterocycles. The van der Waals surface area contributed by atoms with Crippen molar-refractivity contribution >= 4 is 147 Å². The van der Waals surface area contributed by atoms with Crippen LogP contribution < -0.4 is 34.6 Å². The molecule has 145 heavy (non-hydrogen) atoms. The Kier molecular flexibility index (Phi) is 33.7. The molecule has 3 aromatic heterocycles. The molecule has 0 atom stereocenters. The highest BCUT2D eigenvalue weighted by Gasteiger charge is 2.55. The van der Waals surface area contributed by atoms with Gasteiger partial charge in [0.2, 0.25) is 0 Å². The van der Waals surface area contributed by atoms with E-state index in [2.05, 4.69) is 142 Å². The lowest BCUT2D eigenvalue weighted by molar-refractivity contribution is -0.140. The number of aromatic carboxylic acids is 1. The first-order valence-corrected chi connectivity index (χ1v) is 51.5. The molecular formula is C107H122B2I3N13O20. The number of carboxylic acids is 2. The summed E-state index contributed by atoms with van der Waals surface area (Å²) in [4.78, 5) is 121. The number of ether oxygens (including phenoxy) is 7. The van der Waals surface area contributed by atoms with E-state index in [1.165, 1.54) is 26.7 Å². The van der Waals surface area contributed by atoms with Gasteiger partial charge in [0.15, 0.2) is 17.1 Å². The summed E-state index contributed by atoms with van der Waals surface area (Å²) in [6.07, 6.45) is 10.3. The van der Waals surface area contributed by atoms with Crippen LogP contribution >= 0.6 is 67.8 Å². The number of alkyl carbamates (subject to hydrolysis) is 1. The Morgan fingerprint density at radius 3 is 1.10 bits per heavy atom. The summed E-state index contributed by atoms with van der Waals surface area (Å²) in [7, 11) is 9.31. The molecule has 8 aromatic carbocycles. The molecule has 762 valence electrons. The lowest BCUT2D eigenvalue weighted by Gasteiger charge is -2.31. The van der Waals surface area contributed by atoms with E-state index >= 15 is 0 Å². The minimum atomic E-state index is -1.16. The smallest absolute Gasteiger partial charge is 0.410 e. The molecule has 5 fully saturated rings. The minimum absolute atomic E-state index is 0.101. The number of hydrogen-bond acceptors (Lipinski definition) is 23. The molecule has 0 unspecified atom stereocenters. The fourth-order valence-electron chi connectivity index (χ4n) is 18.3. The third kappa shape index (κ3) is 24.4. The van der Waals surface area contributed by atoms with Gasteiger partial charge < -0.3 is 88.4 Å². The molecule has 0 bridgehead atoms. The number of fused-ring (bicyclic) bond motifs is 3. The van der Waals surface area contributed by atoms with E-state index < -0.39 is 54.6 Å².